The van der Waals surface area contributed by atoms with Crippen molar-refractivity contribution in [3.05, 3.63) is 63.0 Å². The zero-order valence-corrected chi connectivity index (χ0v) is 17.7. The zero-order chi connectivity index (χ0) is 21.7. The Labute approximate surface area is 186 Å². The van der Waals surface area contributed by atoms with E-state index in [1.165, 1.54) is 18.2 Å². The van der Waals surface area contributed by atoms with Crippen molar-refractivity contribution in [2.75, 3.05) is 19.8 Å². The fourth-order valence-corrected chi connectivity index (χ4v) is 3.73. The summed E-state index contributed by atoms with van der Waals surface area (Å²) < 4.78 is 10.6. The summed E-state index contributed by atoms with van der Waals surface area (Å²) in [7, 11) is 0. The van der Waals surface area contributed by atoms with Gasteiger partial charge in [0.25, 0.3) is 11.1 Å². The molecular weight excluding hydrogens is 453 g/mol. The Morgan fingerprint density at radius 2 is 1.83 bits per heavy atom. The van der Waals surface area contributed by atoms with Gasteiger partial charge < -0.3 is 14.6 Å². The molecule has 1 aliphatic rings. The summed E-state index contributed by atoms with van der Waals surface area (Å²) in [5, 5.41) is 9.05. The van der Waals surface area contributed by atoms with E-state index in [2.05, 4.69) is 0 Å². The van der Waals surface area contributed by atoms with Gasteiger partial charge in [0, 0.05) is 5.02 Å². The third kappa shape index (κ3) is 5.69. The van der Waals surface area contributed by atoms with Crippen molar-refractivity contribution >= 4 is 58.2 Å². The summed E-state index contributed by atoms with van der Waals surface area (Å²) in [6, 6.07) is 11.4. The summed E-state index contributed by atoms with van der Waals surface area (Å²) in [5.41, 5.74) is 0.575. The molecule has 3 rings (SSSR count). The third-order valence-electron chi connectivity index (χ3n) is 3.88. The summed E-state index contributed by atoms with van der Waals surface area (Å²) in [4.78, 5) is 36.7. The summed E-state index contributed by atoms with van der Waals surface area (Å²) in [5.74, 6) is -0.749. The van der Waals surface area contributed by atoms with E-state index in [0.717, 1.165) is 16.7 Å². The number of halogens is 2. The molecule has 1 aliphatic heterocycles. The van der Waals surface area contributed by atoms with Gasteiger partial charge in [-0.05, 0) is 59.8 Å². The number of benzene rings is 2. The molecule has 2 aromatic rings. The molecule has 10 heteroatoms. The van der Waals surface area contributed by atoms with Crippen LogP contribution in [-0.2, 0) is 9.59 Å². The quantitative estimate of drug-likeness (QED) is 0.568. The number of imide groups is 1. The predicted octanol–water partition coefficient (Wildman–Crippen LogP) is 4.57. The van der Waals surface area contributed by atoms with Crippen molar-refractivity contribution < 1.29 is 29.0 Å². The van der Waals surface area contributed by atoms with Gasteiger partial charge in [-0.3, -0.25) is 14.5 Å². The Kier molecular flexibility index (Phi) is 7.25. The molecule has 0 saturated carbocycles. The fourth-order valence-electron chi connectivity index (χ4n) is 2.49. The number of carboxylic acids is 1. The highest BCUT2D eigenvalue weighted by Gasteiger charge is 2.34. The molecule has 0 unspecified atom stereocenters. The van der Waals surface area contributed by atoms with Gasteiger partial charge in [-0.25, -0.2) is 4.79 Å². The second-order valence-corrected chi connectivity index (χ2v) is 7.84. The molecule has 7 nitrogen and oxygen atoms in total. The van der Waals surface area contributed by atoms with Crippen LogP contribution in [0.5, 0.6) is 11.5 Å². The topological polar surface area (TPSA) is 93.1 Å². The van der Waals surface area contributed by atoms with Gasteiger partial charge in [-0.15, -0.1) is 0 Å². The minimum Gasteiger partial charge on any atom is -0.492 e. The maximum Gasteiger partial charge on any atom is 0.341 e. The summed E-state index contributed by atoms with van der Waals surface area (Å²) >= 11 is 12.7. The molecule has 1 fully saturated rings. The second kappa shape index (κ2) is 9.88. The number of hydrogen-bond donors (Lipinski definition) is 1. The van der Waals surface area contributed by atoms with E-state index >= 15 is 0 Å². The largest absolute Gasteiger partial charge is 0.492 e. The number of carboxylic acid groups (broad SMARTS) is 1. The van der Waals surface area contributed by atoms with E-state index in [4.69, 9.17) is 37.8 Å². The average Bonchev–Trinajstić information content (AvgIpc) is 2.96. The smallest absolute Gasteiger partial charge is 0.341 e. The average molecular weight is 468 g/mol. The van der Waals surface area contributed by atoms with Crippen molar-refractivity contribution in [3.8, 4) is 11.5 Å². The fraction of sp³-hybridized carbons (Fsp3) is 0.150. The number of carbonyl (C=O) groups is 3. The highest BCUT2D eigenvalue weighted by Crippen LogP contribution is 2.33. The number of hydrogen-bond acceptors (Lipinski definition) is 6. The first kappa shape index (κ1) is 22.0. The van der Waals surface area contributed by atoms with E-state index < -0.39 is 23.7 Å². The Hall–Kier alpha value is -2.68. The molecule has 1 saturated heterocycles. The molecule has 30 heavy (non-hydrogen) atoms. The number of ether oxygens (including phenoxy) is 2. The molecule has 0 aromatic heterocycles. The van der Waals surface area contributed by atoms with Gasteiger partial charge in [0.05, 0.1) is 16.5 Å². The van der Waals surface area contributed by atoms with Crippen LogP contribution in [0.4, 0.5) is 4.79 Å². The lowest BCUT2D eigenvalue weighted by molar-refractivity contribution is -0.139. The van der Waals surface area contributed by atoms with E-state index in [9.17, 15) is 14.4 Å². The lowest BCUT2D eigenvalue weighted by Crippen LogP contribution is -2.32. The van der Waals surface area contributed by atoms with Crippen molar-refractivity contribution in [2.24, 2.45) is 0 Å². The van der Waals surface area contributed by atoms with Crippen LogP contribution in [0, 0.1) is 0 Å². The highest BCUT2D eigenvalue weighted by atomic mass is 35.5. The molecule has 1 N–H and O–H groups in total. The number of thioether (sulfide) groups is 1. The van der Waals surface area contributed by atoms with E-state index in [1.54, 1.807) is 30.3 Å². The monoisotopic (exact) mass is 467 g/mol. The standard InChI is InChI=1S/C20H15Cl2NO6S/c21-13-2-4-14(5-3-13)28-8-7-23-19(26)17(30-20(23)27)10-12-1-6-16(15(22)9-12)29-11-18(24)25/h1-6,9-10H,7-8,11H2,(H,24,25)/b17-10-. The summed E-state index contributed by atoms with van der Waals surface area (Å²) in [6.07, 6.45) is 1.54. The number of amides is 2. The first-order valence-electron chi connectivity index (χ1n) is 8.61. The SMILES string of the molecule is O=C(O)COc1ccc(/C=C2\SC(=O)N(CCOc3ccc(Cl)cc3)C2=O)cc1Cl. The minimum absolute atomic E-state index is 0.105. The number of aliphatic carboxylic acids is 1. The van der Waals surface area contributed by atoms with Crippen molar-refractivity contribution in [1.82, 2.24) is 4.90 Å². The lowest BCUT2D eigenvalue weighted by atomic mass is 10.2. The van der Waals surface area contributed by atoms with Gasteiger partial charge in [0.15, 0.2) is 6.61 Å². The zero-order valence-electron chi connectivity index (χ0n) is 15.3. The Bertz CT molecular complexity index is 1010. The highest BCUT2D eigenvalue weighted by molar-refractivity contribution is 8.18. The van der Waals surface area contributed by atoms with Crippen LogP contribution in [0.1, 0.15) is 5.56 Å². The molecule has 0 spiro atoms. The number of nitrogens with zero attached hydrogens (tertiary/aromatic N) is 1. The van der Waals surface area contributed by atoms with Gasteiger partial charge in [-0.1, -0.05) is 29.3 Å². The van der Waals surface area contributed by atoms with Crippen molar-refractivity contribution in [1.29, 1.82) is 0 Å². The third-order valence-corrected chi connectivity index (χ3v) is 5.33. The Morgan fingerprint density at radius 1 is 1.10 bits per heavy atom. The first-order chi connectivity index (χ1) is 14.3. The first-order valence-corrected chi connectivity index (χ1v) is 10.2. The Balaban J connectivity index is 1.62. The second-order valence-electron chi connectivity index (χ2n) is 6.01. The Morgan fingerprint density at radius 3 is 2.50 bits per heavy atom. The van der Waals surface area contributed by atoms with Crippen LogP contribution in [0.15, 0.2) is 47.4 Å². The number of carbonyl (C=O) groups excluding carboxylic acids is 2. The van der Waals surface area contributed by atoms with Crippen LogP contribution in [0.25, 0.3) is 6.08 Å². The molecule has 0 aliphatic carbocycles. The predicted molar refractivity (Wildman–Crippen MR) is 114 cm³/mol. The van der Waals surface area contributed by atoms with Crippen LogP contribution in [0.3, 0.4) is 0 Å². The molecule has 156 valence electrons. The van der Waals surface area contributed by atoms with Gasteiger partial charge >= 0.3 is 5.97 Å². The molecule has 0 radical (unpaired) electrons. The molecular formula is C20H15Cl2NO6S. The van der Waals surface area contributed by atoms with Crippen molar-refractivity contribution in [3.63, 3.8) is 0 Å². The van der Waals surface area contributed by atoms with Crippen molar-refractivity contribution in [2.45, 2.75) is 0 Å². The van der Waals surface area contributed by atoms with E-state index in [0.29, 0.717) is 16.3 Å². The molecule has 2 amide bonds. The maximum atomic E-state index is 12.6. The number of rotatable bonds is 8. The molecule has 2 aromatic carbocycles. The molecule has 0 bridgehead atoms. The maximum absolute atomic E-state index is 12.6. The van der Waals surface area contributed by atoms with Gasteiger partial charge in [-0.2, -0.15) is 0 Å². The molecule has 0 atom stereocenters. The van der Waals surface area contributed by atoms with E-state index in [-0.39, 0.29) is 28.8 Å². The normalized spacial score (nSPS) is 15.0. The lowest BCUT2D eigenvalue weighted by Gasteiger charge is -2.13. The van der Waals surface area contributed by atoms with Gasteiger partial charge in [0.1, 0.15) is 18.1 Å². The molecule has 1 heterocycles. The van der Waals surface area contributed by atoms with Crippen LogP contribution in [-0.4, -0.2) is 46.9 Å². The van der Waals surface area contributed by atoms with Gasteiger partial charge in [0.2, 0.25) is 0 Å². The van der Waals surface area contributed by atoms with E-state index in [1.807, 2.05) is 0 Å². The minimum atomic E-state index is -1.12. The summed E-state index contributed by atoms with van der Waals surface area (Å²) in [6.45, 7) is -0.266. The van der Waals surface area contributed by atoms with Crippen LogP contribution < -0.4 is 9.47 Å². The van der Waals surface area contributed by atoms with Crippen LogP contribution in [0.2, 0.25) is 10.0 Å². The van der Waals surface area contributed by atoms with Crippen LogP contribution >= 0.6 is 35.0 Å².